The standard InChI is InChI=1S/C20H36O5/c1-6-17(21)24-16-15-20(8-3,9-4)25-18(22)13-11-10-12-14-19(5,23)7-2/h6,23H,1,7-16H2,2-5H3. The molecule has 1 N–H and O–H groups in total. The van der Waals surface area contributed by atoms with Crippen molar-refractivity contribution in [1.82, 2.24) is 0 Å². The van der Waals surface area contributed by atoms with Crippen LogP contribution in [-0.2, 0) is 19.1 Å². The lowest BCUT2D eigenvalue weighted by molar-refractivity contribution is -0.163. The van der Waals surface area contributed by atoms with Gasteiger partial charge in [-0.25, -0.2) is 4.79 Å². The monoisotopic (exact) mass is 356 g/mol. The number of hydrogen-bond acceptors (Lipinski definition) is 5. The molecule has 5 nitrogen and oxygen atoms in total. The van der Waals surface area contributed by atoms with E-state index >= 15 is 0 Å². The van der Waals surface area contributed by atoms with Crippen molar-refractivity contribution in [2.24, 2.45) is 0 Å². The molecule has 0 aromatic heterocycles. The first-order chi connectivity index (χ1) is 11.7. The van der Waals surface area contributed by atoms with Crippen molar-refractivity contribution in [3.05, 3.63) is 12.7 Å². The van der Waals surface area contributed by atoms with Gasteiger partial charge < -0.3 is 14.6 Å². The van der Waals surface area contributed by atoms with Crippen molar-refractivity contribution in [2.45, 2.75) is 96.7 Å². The normalized spacial score (nSPS) is 13.8. The van der Waals surface area contributed by atoms with Gasteiger partial charge in [-0.05, 0) is 39.0 Å². The highest BCUT2D eigenvalue weighted by Crippen LogP contribution is 2.26. The van der Waals surface area contributed by atoms with Crippen LogP contribution in [0.5, 0.6) is 0 Å². The highest BCUT2D eigenvalue weighted by molar-refractivity contribution is 5.81. The van der Waals surface area contributed by atoms with Crippen LogP contribution in [0.2, 0.25) is 0 Å². The van der Waals surface area contributed by atoms with Gasteiger partial charge in [-0.1, -0.05) is 40.2 Å². The fourth-order valence-electron chi connectivity index (χ4n) is 2.62. The highest BCUT2D eigenvalue weighted by Gasteiger charge is 2.30. The first-order valence-electron chi connectivity index (χ1n) is 9.47. The first kappa shape index (κ1) is 23.6. The predicted molar refractivity (Wildman–Crippen MR) is 99.2 cm³/mol. The zero-order valence-corrected chi connectivity index (χ0v) is 16.4. The number of carbonyl (C=O) groups is 2. The van der Waals surface area contributed by atoms with Gasteiger partial charge in [0, 0.05) is 18.9 Å². The second-order valence-electron chi connectivity index (χ2n) is 6.90. The van der Waals surface area contributed by atoms with Crippen molar-refractivity contribution >= 4 is 11.9 Å². The third-order valence-corrected chi connectivity index (χ3v) is 4.95. The lowest BCUT2D eigenvalue weighted by Crippen LogP contribution is -2.35. The van der Waals surface area contributed by atoms with Crippen molar-refractivity contribution < 1.29 is 24.2 Å². The summed E-state index contributed by atoms with van der Waals surface area (Å²) in [6.45, 7) is 11.3. The number of hydrogen-bond donors (Lipinski definition) is 1. The molecule has 0 aromatic rings. The van der Waals surface area contributed by atoms with E-state index in [0.29, 0.717) is 25.7 Å². The number of rotatable bonds is 14. The first-order valence-corrected chi connectivity index (χ1v) is 9.47. The number of unbranched alkanes of at least 4 members (excludes halogenated alkanes) is 2. The van der Waals surface area contributed by atoms with Crippen LogP contribution < -0.4 is 0 Å². The Morgan fingerprint density at radius 1 is 1.04 bits per heavy atom. The Hall–Kier alpha value is -1.36. The summed E-state index contributed by atoms with van der Waals surface area (Å²) in [5.41, 5.74) is -1.19. The van der Waals surface area contributed by atoms with E-state index in [1.165, 1.54) is 0 Å². The Labute approximate surface area is 152 Å². The van der Waals surface area contributed by atoms with Crippen LogP contribution in [0.3, 0.4) is 0 Å². The summed E-state index contributed by atoms with van der Waals surface area (Å²) in [5, 5.41) is 9.95. The molecule has 0 aliphatic rings. The fraction of sp³-hybridized carbons (Fsp3) is 0.800. The van der Waals surface area contributed by atoms with Gasteiger partial charge in [0.25, 0.3) is 0 Å². The van der Waals surface area contributed by atoms with E-state index in [1.54, 1.807) is 0 Å². The number of aliphatic hydroxyl groups is 1. The Kier molecular flexibility index (Phi) is 11.4. The van der Waals surface area contributed by atoms with E-state index in [-0.39, 0.29) is 12.6 Å². The summed E-state index contributed by atoms with van der Waals surface area (Å²) in [4.78, 5) is 23.3. The predicted octanol–water partition coefficient (Wildman–Crippen LogP) is 4.32. The third-order valence-electron chi connectivity index (χ3n) is 4.95. The number of ether oxygens (including phenoxy) is 2. The smallest absolute Gasteiger partial charge is 0.330 e. The molecule has 5 heteroatoms. The van der Waals surface area contributed by atoms with E-state index in [0.717, 1.165) is 38.2 Å². The van der Waals surface area contributed by atoms with Crippen molar-refractivity contribution in [3.63, 3.8) is 0 Å². The lowest BCUT2D eigenvalue weighted by Gasteiger charge is -2.31. The molecule has 0 heterocycles. The van der Waals surface area contributed by atoms with Crippen LogP contribution in [-0.4, -0.2) is 34.9 Å². The zero-order valence-electron chi connectivity index (χ0n) is 16.4. The van der Waals surface area contributed by atoms with Crippen LogP contribution in [0.1, 0.15) is 85.5 Å². The summed E-state index contributed by atoms with van der Waals surface area (Å²) < 4.78 is 10.7. The van der Waals surface area contributed by atoms with Gasteiger partial charge in [0.15, 0.2) is 0 Å². The maximum Gasteiger partial charge on any atom is 0.330 e. The topological polar surface area (TPSA) is 72.8 Å². The molecule has 0 rings (SSSR count). The molecule has 146 valence electrons. The molecule has 0 radical (unpaired) electrons. The van der Waals surface area contributed by atoms with E-state index in [1.807, 2.05) is 27.7 Å². The van der Waals surface area contributed by atoms with Crippen LogP contribution in [0.15, 0.2) is 12.7 Å². The number of carbonyl (C=O) groups excluding carboxylic acids is 2. The molecule has 0 bridgehead atoms. The van der Waals surface area contributed by atoms with Gasteiger partial charge in [-0.2, -0.15) is 0 Å². The largest absolute Gasteiger partial charge is 0.462 e. The van der Waals surface area contributed by atoms with Gasteiger partial charge in [-0.3, -0.25) is 4.79 Å². The molecular formula is C20H36O5. The molecule has 0 saturated carbocycles. The SMILES string of the molecule is C=CC(=O)OCCC(CC)(CC)OC(=O)CCCCCC(C)(O)CC. The quantitative estimate of drug-likeness (QED) is 0.285. The van der Waals surface area contributed by atoms with Crippen molar-refractivity contribution in [3.8, 4) is 0 Å². The summed E-state index contributed by atoms with van der Waals surface area (Å²) in [6.07, 6.45) is 7.40. The second-order valence-corrected chi connectivity index (χ2v) is 6.90. The van der Waals surface area contributed by atoms with Crippen molar-refractivity contribution in [2.75, 3.05) is 6.61 Å². The molecule has 0 fully saturated rings. The third kappa shape index (κ3) is 10.3. The molecule has 0 amide bonds. The minimum atomic E-state index is -0.608. The van der Waals surface area contributed by atoms with Crippen LogP contribution >= 0.6 is 0 Å². The Balaban J connectivity index is 4.22. The van der Waals surface area contributed by atoms with E-state index < -0.39 is 17.2 Å². The summed E-state index contributed by atoms with van der Waals surface area (Å²) in [5.74, 6) is -0.670. The molecule has 25 heavy (non-hydrogen) atoms. The summed E-state index contributed by atoms with van der Waals surface area (Å²) in [7, 11) is 0. The molecule has 0 saturated heterocycles. The van der Waals surface area contributed by atoms with E-state index in [9.17, 15) is 14.7 Å². The van der Waals surface area contributed by atoms with Gasteiger partial charge in [-0.15, -0.1) is 0 Å². The molecular weight excluding hydrogens is 320 g/mol. The average Bonchev–Trinajstić information content (AvgIpc) is 2.60. The molecule has 0 spiro atoms. The molecule has 0 aliphatic carbocycles. The van der Waals surface area contributed by atoms with E-state index in [2.05, 4.69) is 6.58 Å². The average molecular weight is 357 g/mol. The maximum atomic E-state index is 12.2. The van der Waals surface area contributed by atoms with Gasteiger partial charge in [0.1, 0.15) is 5.60 Å². The maximum absolute atomic E-state index is 12.2. The summed E-state index contributed by atoms with van der Waals surface area (Å²) in [6, 6.07) is 0. The summed E-state index contributed by atoms with van der Waals surface area (Å²) >= 11 is 0. The van der Waals surface area contributed by atoms with Gasteiger partial charge in [0.2, 0.25) is 0 Å². The highest BCUT2D eigenvalue weighted by atomic mass is 16.6. The Morgan fingerprint density at radius 2 is 1.68 bits per heavy atom. The van der Waals surface area contributed by atoms with Crippen LogP contribution in [0.4, 0.5) is 0 Å². The Morgan fingerprint density at radius 3 is 2.20 bits per heavy atom. The van der Waals surface area contributed by atoms with E-state index in [4.69, 9.17) is 9.47 Å². The second kappa shape index (κ2) is 12.1. The molecule has 1 unspecified atom stereocenters. The van der Waals surface area contributed by atoms with Gasteiger partial charge >= 0.3 is 11.9 Å². The molecule has 1 atom stereocenters. The molecule has 0 aliphatic heterocycles. The minimum absolute atomic E-state index is 0.207. The van der Waals surface area contributed by atoms with Gasteiger partial charge in [0.05, 0.1) is 12.2 Å². The Bertz CT molecular complexity index is 410. The number of esters is 2. The fourth-order valence-corrected chi connectivity index (χ4v) is 2.62. The zero-order chi connectivity index (χ0) is 19.3. The van der Waals surface area contributed by atoms with Crippen LogP contribution in [0.25, 0.3) is 0 Å². The van der Waals surface area contributed by atoms with Crippen molar-refractivity contribution in [1.29, 1.82) is 0 Å². The lowest BCUT2D eigenvalue weighted by atomic mass is 9.93. The molecule has 0 aromatic carbocycles. The minimum Gasteiger partial charge on any atom is -0.462 e. The van der Waals surface area contributed by atoms with Crippen LogP contribution in [0, 0.1) is 0 Å².